The molecule has 0 saturated heterocycles. The Labute approximate surface area is 200 Å². The second-order valence-electron chi connectivity index (χ2n) is 7.83. The number of esters is 1. The molecule has 0 aliphatic rings. The van der Waals surface area contributed by atoms with Crippen LogP contribution in [0.5, 0.6) is 0 Å². The number of benzene rings is 1. The van der Waals surface area contributed by atoms with Crippen molar-refractivity contribution in [2.75, 3.05) is 11.9 Å². The Morgan fingerprint density at radius 2 is 1.91 bits per heavy atom. The van der Waals surface area contributed by atoms with Crippen molar-refractivity contribution in [1.82, 2.24) is 14.8 Å². The van der Waals surface area contributed by atoms with Gasteiger partial charge in [0.1, 0.15) is 5.00 Å². The third-order valence-electron chi connectivity index (χ3n) is 5.65. The number of aryl methyl sites for hydroxylation is 1. The molecular formula is C25H24N4O4S. The molecule has 3 heterocycles. The molecule has 4 rings (SSSR count). The van der Waals surface area contributed by atoms with Crippen LogP contribution in [0.4, 0.5) is 5.00 Å². The molecule has 0 aliphatic heterocycles. The first kappa shape index (κ1) is 23.3. The highest BCUT2D eigenvalue weighted by molar-refractivity contribution is 7.18. The molecule has 0 unspecified atom stereocenters. The van der Waals surface area contributed by atoms with Crippen molar-refractivity contribution in [3.05, 3.63) is 63.8 Å². The number of Topliss-reactive ketones (excluding diaryl/α,β-unsaturated/α-hetero) is 1. The van der Waals surface area contributed by atoms with Gasteiger partial charge in [-0.05, 0) is 45.4 Å². The second kappa shape index (κ2) is 9.18. The fourth-order valence-corrected chi connectivity index (χ4v) is 4.89. The van der Waals surface area contributed by atoms with Crippen molar-refractivity contribution in [2.24, 2.45) is 7.05 Å². The highest BCUT2D eigenvalue weighted by Gasteiger charge is 2.26. The van der Waals surface area contributed by atoms with Gasteiger partial charge in [0.25, 0.3) is 5.91 Å². The number of rotatable bonds is 6. The van der Waals surface area contributed by atoms with E-state index in [1.165, 1.54) is 6.92 Å². The van der Waals surface area contributed by atoms with Gasteiger partial charge < -0.3 is 10.1 Å². The zero-order chi connectivity index (χ0) is 24.6. The Morgan fingerprint density at radius 1 is 1.18 bits per heavy atom. The maximum atomic E-state index is 13.5. The summed E-state index contributed by atoms with van der Waals surface area (Å²) in [5.41, 5.74) is 4.11. The summed E-state index contributed by atoms with van der Waals surface area (Å²) < 4.78 is 6.92. The number of para-hydroxylation sites is 1. The first-order valence-electron chi connectivity index (χ1n) is 10.7. The minimum atomic E-state index is -0.578. The number of hydrogen-bond donors (Lipinski definition) is 1. The lowest BCUT2D eigenvalue weighted by molar-refractivity contribution is 0.0527. The van der Waals surface area contributed by atoms with E-state index in [4.69, 9.17) is 9.72 Å². The van der Waals surface area contributed by atoms with Crippen molar-refractivity contribution in [3.8, 4) is 11.3 Å². The number of aromatic nitrogens is 3. The highest BCUT2D eigenvalue weighted by atomic mass is 32.1. The molecule has 0 spiro atoms. The summed E-state index contributed by atoms with van der Waals surface area (Å²) in [4.78, 5) is 43.4. The predicted octanol–water partition coefficient (Wildman–Crippen LogP) is 4.95. The molecule has 9 heteroatoms. The Bertz CT molecular complexity index is 1450. The number of thiophene rings is 1. The van der Waals surface area contributed by atoms with Crippen LogP contribution in [0.3, 0.4) is 0 Å². The van der Waals surface area contributed by atoms with Crippen LogP contribution in [0.1, 0.15) is 55.5 Å². The minimum absolute atomic E-state index is 0.180. The zero-order valence-corrected chi connectivity index (χ0v) is 20.4. The number of carbonyl (C=O) groups is 3. The minimum Gasteiger partial charge on any atom is -0.462 e. The van der Waals surface area contributed by atoms with Gasteiger partial charge >= 0.3 is 5.97 Å². The number of ketones is 1. The standard InChI is InChI=1S/C25H24N4O4S/c1-6-33-25(32)21-13(2)22(15(4)30)34-24(21)28-23(31)17-11-20(18-12-26-29(5)14(18)3)27-19-10-8-7-9-16(17)19/h7-12H,6H2,1-5H3,(H,28,31). The number of nitrogens with zero attached hydrogens (tertiary/aromatic N) is 3. The third kappa shape index (κ3) is 4.10. The van der Waals surface area contributed by atoms with Crippen LogP contribution in [-0.2, 0) is 11.8 Å². The SMILES string of the molecule is CCOC(=O)c1c(NC(=O)c2cc(-c3cnn(C)c3C)nc3ccccc23)sc(C(C)=O)c1C. The van der Waals surface area contributed by atoms with Gasteiger partial charge in [0.05, 0.1) is 40.0 Å². The lowest BCUT2D eigenvalue weighted by Crippen LogP contribution is -2.15. The van der Waals surface area contributed by atoms with E-state index >= 15 is 0 Å². The fourth-order valence-electron chi connectivity index (χ4n) is 3.81. The smallest absolute Gasteiger partial charge is 0.341 e. The van der Waals surface area contributed by atoms with Crippen LogP contribution in [-0.4, -0.2) is 39.0 Å². The summed E-state index contributed by atoms with van der Waals surface area (Å²) in [6, 6.07) is 9.08. The average molecular weight is 477 g/mol. The molecule has 8 nitrogen and oxygen atoms in total. The van der Waals surface area contributed by atoms with E-state index in [0.29, 0.717) is 32.6 Å². The molecule has 0 radical (unpaired) electrons. The largest absolute Gasteiger partial charge is 0.462 e. The maximum Gasteiger partial charge on any atom is 0.341 e. The number of nitrogens with one attached hydrogen (secondary N) is 1. The summed E-state index contributed by atoms with van der Waals surface area (Å²) >= 11 is 1.07. The molecule has 3 aromatic heterocycles. The lowest BCUT2D eigenvalue weighted by atomic mass is 10.0. The van der Waals surface area contributed by atoms with E-state index in [2.05, 4.69) is 10.4 Å². The van der Waals surface area contributed by atoms with Crippen LogP contribution < -0.4 is 5.32 Å². The number of amides is 1. The summed E-state index contributed by atoms with van der Waals surface area (Å²) in [5.74, 6) is -1.18. The normalized spacial score (nSPS) is 11.0. The highest BCUT2D eigenvalue weighted by Crippen LogP contribution is 2.35. The molecule has 0 saturated carbocycles. The molecule has 0 atom stereocenters. The molecule has 1 aromatic carbocycles. The molecule has 34 heavy (non-hydrogen) atoms. The van der Waals surface area contributed by atoms with Gasteiger partial charge in [0, 0.05) is 23.7 Å². The summed E-state index contributed by atoms with van der Waals surface area (Å²) in [5, 5.41) is 8.09. The topological polar surface area (TPSA) is 103 Å². The van der Waals surface area contributed by atoms with Gasteiger partial charge in [-0.25, -0.2) is 9.78 Å². The van der Waals surface area contributed by atoms with Crippen LogP contribution >= 0.6 is 11.3 Å². The van der Waals surface area contributed by atoms with Crippen molar-refractivity contribution >= 4 is 44.9 Å². The first-order chi connectivity index (χ1) is 16.2. The molecule has 1 amide bonds. The van der Waals surface area contributed by atoms with Crippen molar-refractivity contribution in [1.29, 1.82) is 0 Å². The van der Waals surface area contributed by atoms with Crippen molar-refractivity contribution < 1.29 is 19.1 Å². The number of fused-ring (bicyclic) bond motifs is 1. The van der Waals surface area contributed by atoms with Gasteiger partial charge in [-0.1, -0.05) is 18.2 Å². The quantitative estimate of drug-likeness (QED) is 0.312. The Kier molecular flexibility index (Phi) is 6.30. The van der Waals surface area contributed by atoms with E-state index < -0.39 is 11.9 Å². The average Bonchev–Trinajstić information content (AvgIpc) is 3.31. The van der Waals surface area contributed by atoms with E-state index in [0.717, 1.165) is 22.6 Å². The predicted molar refractivity (Wildman–Crippen MR) is 132 cm³/mol. The van der Waals surface area contributed by atoms with E-state index in [-0.39, 0.29) is 23.0 Å². The number of hydrogen-bond acceptors (Lipinski definition) is 7. The number of anilines is 1. The van der Waals surface area contributed by atoms with Crippen LogP contribution in [0.2, 0.25) is 0 Å². The van der Waals surface area contributed by atoms with Gasteiger partial charge in [0.15, 0.2) is 5.78 Å². The van der Waals surface area contributed by atoms with E-state index in [1.54, 1.807) is 30.8 Å². The zero-order valence-electron chi connectivity index (χ0n) is 19.6. The van der Waals surface area contributed by atoms with Gasteiger partial charge in [-0.3, -0.25) is 14.3 Å². The Balaban J connectivity index is 1.83. The van der Waals surface area contributed by atoms with Gasteiger partial charge in [-0.15, -0.1) is 11.3 Å². The maximum absolute atomic E-state index is 13.5. The summed E-state index contributed by atoms with van der Waals surface area (Å²) in [7, 11) is 1.84. The number of ether oxygens (including phenoxy) is 1. The monoisotopic (exact) mass is 476 g/mol. The second-order valence-corrected chi connectivity index (χ2v) is 8.85. The lowest BCUT2D eigenvalue weighted by Gasteiger charge is -2.11. The molecule has 0 bridgehead atoms. The van der Waals surface area contributed by atoms with Gasteiger partial charge in [-0.2, -0.15) is 5.10 Å². The van der Waals surface area contributed by atoms with Crippen LogP contribution in [0.25, 0.3) is 22.2 Å². The number of carbonyl (C=O) groups excluding carboxylic acids is 3. The first-order valence-corrected chi connectivity index (χ1v) is 11.6. The molecule has 4 aromatic rings. The van der Waals surface area contributed by atoms with Crippen LogP contribution in [0.15, 0.2) is 36.5 Å². The Morgan fingerprint density at radius 3 is 2.56 bits per heavy atom. The summed E-state index contributed by atoms with van der Waals surface area (Å²) in [6.07, 6.45) is 1.72. The molecule has 0 aliphatic carbocycles. The molecule has 174 valence electrons. The van der Waals surface area contributed by atoms with Gasteiger partial charge in [0.2, 0.25) is 0 Å². The molecule has 0 fully saturated rings. The molecule has 1 N–H and O–H groups in total. The van der Waals surface area contributed by atoms with Crippen LogP contribution in [0, 0.1) is 13.8 Å². The Hall–Kier alpha value is -3.85. The summed E-state index contributed by atoms with van der Waals surface area (Å²) in [6.45, 7) is 6.93. The van der Waals surface area contributed by atoms with E-state index in [9.17, 15) is 14.4 Å². The molecular weight excluding hydrogens is 452 g/mol. The third-order valence-corrected chi connectivity index (χ3v) is 6.95. The fraction of sp³-hybridized carbons (Fsp3) is 0.240. The van der Waals surface area contributed by atoms with E-state index in [1.807, 2.05) is 38.2 Å². The van der Waals surface area contributed by atoms with Crippen molar-refractivity contribution in [3.63, 3.8) is 0 Å². The number of pyridine rings is 1. The van der Waals surface area contributed by atoms with Crippen molar-refractivity contribution in [2.45, 2.75) is 27.7 Å².